The van der Waals surface area contributed by atoms with Crippen LogP contribution in [0.15, 0.2) is 18.5 Å². The van der Waals surface area contributed by atoms with Crippen molar-refractivity contribution in [1.29, 1.82) is 0 Å². The van der Waals surface area contributed by atoms with Gasteiger partial charge in [0.1, 0.15) is 0 Å². The van der Waals surface area contributed by atoms with E-state index in [0.29, 0.717) is 0 Å². The van der Waals surface area contributed by atoms with Crippen LogP contribution in [0.2, 0.25) is 0 Å². The van der Waals surface area contributed by atoms with Gasteiger partial charge in [0.2, 0.25) is 5.95 Å². The first-order chi connectivity index (χ1) is 9.38. The number of hydrogen-bond donors (Lipinski definition) is 1. The third kappa shape index (κ3) is 2.72. The summed E-state index contributed by atoms with van der Waals surface area (Å²) in [4.78, 5) is 13.6. The lowest BCUT2D eigenvalue weighted by atomic mass is 9.99. The van der Waals surface area contributed by atoms with E-state index in [4.69, 9.17) is 0 Å². The molecule has 2 aliphatic rings. The van der Waals surface area contributed by atoms with Crippen molar-refractivity contribution < 1.29 is 0 Å². The number of nitrogens with one attached hydrogen (secondary N) is 1. The smallest absolute Gasteiger partial charge is 0.225 e. The van der Waals surface area contributed by atoms with E-state index in [1.165, 1.54) is 13.0 Å². The maximum atomic E-state index is 4.34. The second-order valence-electron chi connectivity index (χ2n) is 5.47. The Labute approximate surface area is 115 Å². The van der Waals surface area contributed by atoms with Gasteiger partial charge in [0.15, 0.2) is 0 Å². The summed E-state index contributed by atoms with van der Waals surface area (Å²) in [5, 5.41) is 3.53. The van der Waals surface area contributed by atoms with Crippen molar-refractivity contribution in [1.82, 2.24) is 20.2 Å². The summed E-state index contributed by atoms with van der Waals surface area (Å²) in [7, 11) is 0. The highest BCUT2D eigenvalue weighted by Gasteiger charge is 2.32. The van der Waals surface area contributed by atoms with Crippen LogP contribution in [0, 0.1) is 5.92 Å². The summed E-state index contributed by atoms with van der Waals surface area (Å²) in [6, 6.07) is 2.60. The minimum Gasteiger partial charge on any atom is -0.338 e. The minimum atomic E-state index is 0.726. The van der Waals surface area contributed by atoms with Gasteiger partial charge >= 0.3 is 0 Å². The number of hydrogen-bond acceptors (Lipinski definition) is 5. The number of rotatable bonds is 3. The summed E-state index contributed by atoms with van der Waals surface area (Å²) in [6.45, 7) is 8.97. The fourth-order valence-electron chi connectivity index (χ4n) is 3.27. The van der Waals surface area contributed by atoms with Crippen molar-refractivity contribution in [3.63, 3.8) is 0 Å². The molecule has 3 heterocycles. The molecule has 3 rings (SSSR count). The van der Waals surface area contributed by atoms with Gasteiger partial charge in [-0.15, -0.1) is 0 Å². The van der Waals surface area contributed by atoms with Gasteiger partial charge in [-0.05, 0) is 18.5 Å². The maximum absolute atomic E-state index is 4.34. The van der Waals surface area contributed by atoms with Gasteiger partial charge in [-0.3, -0.25) is 4.90 Å². The zero-order chi connectivity index (χ0) is 13.1. The van der Waals surface area contributed by atoms with Crippen molar-refractivity contribution in [2.24, 2.45) is 5.92 Å². The largest absolute Gasteiger partial charge is 0.338 e. The molecule has 0 spiro atoms. The fourth-order valence-corrected chi connectivity index (χ4v) is 3.27. The highest BCUT2D eigenvalue weighted by Crippen LogP contribution is 2.21. The molecule has 2 atom stereocenters. The molecule has 0 amide bonds. The molecule has 2 saturated heterocycles. The number of piperazine rings is 1. The van der Waals surface area contributed by atoms with Gasteiger partial charge < -0.3 is 10.2 Å². The Kier molecular flexibility index (Phi) is 3.94. The molecule has 2 fully saturated rings. The number of aromatic nitrogens is 2. The van der Waals surface area contributed by atoms with E-state index >= 15 is 0 Å². The van der Waals surface area contributed by atoms with Crippen LogP contribution < -0.4 is 10.2 Å². The molecular formula is C14H23N5. The SMILES string of the molecule is CCC1CNCC1N1CCN(c2ncccn2)CC1. The Morgan fingerprint density at radius 3 is 2.58 bits per heavy atom. The molecule has 2 aliphatic heterocycles. The molecule has 0 aliphatic carbocycles. The lowest BCUT2D eigenvalue weighted by molar-refractivity contribution is 0.159. The lowest BCUT2D eigenvalue weighted by Crippen LogP contribution is -2.53. The van der Waals surface area contributed by atoms with Gasteiger partial charge in [0, 0.05) is 51.2 Å². The summed E-state index contributed by atoms with van der Waals surface area (Å²) in [5.41, 5.74) is 0. The van der Waals surface area contributed by atoms with Crippen molar-refractivity contribution in [3.05, 3.63) is 18.5 Å². The Hall–Kier alpha value is -1.20. The van der Waals surface area contributed by atoms with Crippen LogP contribution in [0.1, 0.15) is 13.3 Å². The minimum absolute atomic E-state index is 0.726. The zero-order valence-corrected chi connectivity index (χ0v) is 11.6. The summed E-state index contributed by atoms with van der Waals surface area (Å²) in [5.74, 6) is 1.69. The van der Waals surface area contributed by atoms with Crippen LogP contribution in [0.4, 0.5) is 5.95 Å². The third-order valence-electron chi connectivity index (χ3n) is 4.45. The van der Waals surface area contributed by atoms with E-state index in [-0.39, 0.29) is 0 Å². The molecule has 5 nitrogen and oxygen atoms in total. The van der Waals surface area contributed by atoms with Crippen molar-refractivity contribution in [3.8, 4) is 0 Å². The first-order valence-corrected chi connectivity index (χ1v) is 7.35. The van der Waals surface area contributed by atoms with E-state index in [0.717, 1.165) is 50.6 Å². The van der Waals surface area contributed by atoms with Crippen LogP contribution >= 0.6 is 0 Å². The summed E-state index contributed by atoms with van der Waals surface area (Å²) >= 11 is 0. The average molecular weight is 261 g/mol. The van der Waals surface area contributed by atoms with E-state index in [1.54, 1.807) is 0 Å². The van der Waals surface area contributed by atoms with Gasteiger partial charge in [0.05, 0.1) is 0 Å². The van der Waals surface area contributed by atoms with Crippen LogP contribution in [0.3, 0.4) is 0 Å². The van der Waals surface area contributed by atoms with Crippen molar-refractivity contribution in [2.75, 3.05) is 44.2 Å². The van der Waals surface area contributed by atoms with Gasteiger partial charge in [-0.1, -0.05) is 13.3 Å². The molecule has 2 unspecified atom stereocenters. The first kappa shape index (κ1) is 12.8. The lowest BCUT2D eigenvalue weighted by Gasteiger charge is -2.39. The van der Waals surface area contributed by atoms with E-state index in [9.17, 15) is 0 Å². The fraction of sp³-hybridized carbons (Fsp3) is 0.714. The molecule has 19 heavy (non-hydrogen) atoms. The predicted octanol–water partition coefficient (Wildman–Crippen LogP) is 0.597. The van der Waals surface area contributed by atoms with Gasteiger partial charge in [-0.2, -0.15) is 0 Å². The topological polar surface area (TPSA) is 44.3 Å². The highest BCUT2D eigenvalue weighted by molar-refractivity contribution is 5.29. The maximum Gasteiger partial charge on any atom is 0.225 e. The van der Waals surface area contributed by atoms with Crippen molar-refractivity contribution >= 4 is 5.95 Å². The first-order valence-electron chi connectivity index (χ1n) is 7.35. The van der Waals surface area contributed by atoms with Crippen molar-refractivity contribution in [2.45, 2.75) is 19.4 Å². The molecule has 5 heteroatoms. The van der Waals surface area contributed by atoms with E-state index < -0.39 is 0 Å². The monoisotopic (exact) mass is 261 g/mol. The number of nitrogens with zero attached hydrogens (tertiary/aromatic N) is 4. The van der Waals surface area contributed by atoms with E-state index in [1.807, 2.05) is 18.5 Å². The number of anilines is 1. The Balaban J connectivity index is 1.58. The van der Waals surface area contributed by atoms with Crippen LogP contribution in [0.25, 0.3) is 0 Å². The summed E-state index contributed by atoms with van der Waals surface area (Å²) in [6.07, 6.45) is 4.92. The molecule has 104 valence electrons. The van der Waals surface area contributed by atoms with Crippen LogP contribution in [-0.2, 0) is 0 Å². The molecule has 1 aromatic heterocycles. The average Bonchev–Trinajstić information content (AvgIpc) is 2.97. The van der Waals surface area contributed by atoms with E-state index in [2.05, 4.69) is 32.0 Å². The summed E-state index contributed by atoms with van der Waals surface area (Å²) < 4.78 is 0. The second kappa shape index (κ2) is 5.84. The Morgan fingerprint density at radius 2 is 1.89 bits per heavy atom. The molecule has 0 saturated carbocycles. The normalized spacial score (nSPS) is 28.8. The Morgan fingerprint density at radius 1 is 1.16 bits per heavy atom. The van der Waals surface area contributed by atoms with Gasteiger partial charge in [-0.25, -0.2) is 9.97 Å². The molecule has 0 bridgehead atoms. The Bertz CT molecular complexity index is 388. The molecule has 1 aromatic rings. The van der Waals surface area contributed by atoms with Crippen LogP contribution in [-0.4, -0.2) is 60.2 Å². The molecule has 0 radical (unpaired) electrons. The molecule has 0 aromatic carbocycles. The standard InChI is InChI=1S/C14H23N5/c1-2-12-10-15-11-13(12)18-6-8-19(9-7-18)14-16-4-3-5-17-14/h3-5,12-13,15H,2,6-11H2,1H3. The highest BCUT2D eigenvalue weighted by atomic mass is 15.3. The zero-order valence-electron chi connectivity index (χ0n) is 11.6. The molecular weight excluding hydrogens is 238 g/mol. The van der Waals surface area contributed by atoms with Crippen LogP contribution in [0.5, 0.6) is 0 Å². The van der Waals surface area contributed by atoms with Gasteiger partial charge in [0.25, 0.3) is 0 Å². The quantitative estimate of drug-likeness (QED) is 0.863. The second-order valence-corrected chi connectivity index (χ2v) is 5.47. The molecule has 1 N–H and O–H groups in total. The third-order valence-corrected chi connectivity index (χ3v) is 4.45. The predicted molar refractivity (Wildman–Crippen MR) is 76.3 cm³/mol.